The van der Waals surface area contributed by atoms with Gasteiger partial charge in [0.15, 0.2) is 16.7 Å². The van der Waals surface area contributed by atoms with Gasteiger partial charge in [0.2, 0.25) is 0 Å². The maximum Gasteiger partial charge on any atom is 0.278 e. The van der Waals surface area contributed by atoms with Crippen molar-refractivity contribution in [2.75, 3.05) is 5.73 Å². The molecule has 0 amide bonds. The summed E-state index contributed by atoms with van der Waals surface area (Å²) in [7, 11) is -2.47. The van der Waals surface area contributed by atoms with E-state index < -0.39 is 10.3 Å². The van der Waals surface area contributed by atoms with E-state index in [1.165, 1.54) is 6.33 Å². The fourth-order valence-electron chi connectivity index (χ4n) is 0.857. The van der Waals surface area contributed by atoms with Crippen LogP contribution in [0.1, 0.15) is 0 Å². The number of rotatable bonds is 0. The maximum absolute atomic E-state index is 10.5. The molecule has 0 bridgehead atoms. The number of nitrogens with two attached hydrogens (primary N) is 1. The SMILES string of the molecule is Nc1ncnc2c1=NC(=S(=O)=O)N=2. The summed E-state index contributed by atoms with van der Waals surface area (Å²) in [5.41, 5.74) is 5.60. The number of aromatic nitrogens is 2. The van der Waals surface area contributed by atoms with E-state index in [-0.39, 0.29) is 21.8 Å². The molecule has 8 heteroatoms. The Morgan fingerprint density at radius 3 is 2.62 bits per heavy atom. The molecule has 1 aliphatic rings. The minimum Gasteiger partial charge on any atom is -0.382 e. The molecule has 1 aromatic rings. The smallest absolute Gasteiger partial charge is 0.278 e. The first-order chi connectivity index (χ1) is 6.18. The molecule has 0 atom stereocenters. The fourth-order valence-corrected chi connectivity index (χ4v) is 1.18. The molecule has 0 saturated carbocycles. The third kappa shape index (κ3) is 1.16. The Hall–Kier alpha value is -1.83. The Labute approximate surface area is 73.2 Å². The zero-order valence-corrected chi connectivity index (χ0v) is 6.98. The highest BCUT2D eigenvalue weighted by atomic mass is 32.2. The lowest BCUT2D eigenvalue weighted by Gasteiger charge is -1.85. The summed E-state index contributed by atoms with van der Waals surface area (Å²) in [6.45, 7) is 0. The van der Waals surface area contributed by atoms with Crippen LogP contribution in [0.4, 0.5) is 5.82 Å². The fraction of sp³-hybridized carbons (Fsp3) is 0. The van der Waals surface area contributed by atoms with Crippen LogP contribution in [0, 0.1) is 0 Å². The summed E-state index contributed by atoms with van der Waals surface area (Å²) >= 11 is 0. The quantitative estimate of drug-likeness (QED) is 0.454. The summed E-state index contributed by atoms with van der Waals surface area (Å²) < 4.78 is 20.9. The third-order valence-corrected chi connectivity index (χ3v) is 1.87. The van der Waals surface area contributed by atoms with E-state index >= 15 is 0 Å². The van der Waals surface area contributed by atoms with E-state index in [1.807, 2.05) is 0 Å². The number of hydrogen-bond donors (Lipinski definition) is 1. The van der Waals surface area contributed by atoms with Crippen LogP contribution in [0.15, 0.2) is 16.3 Å². The molecule has 1 aromatic heterocycles. The van der Waals surface area contributed by atoms with E-state index in [1.54, 1.807) is 0 Å². The Morgan fingerprint density at radius 2 is 2.00 bits per heavy atom. The molecule has 2 N–H and O–H groups in total. The van der Waals surface area contributed by atoms with Gasteiger partial charge in [0, 0.05) is 0 Å². The molecule has 0 fully saturated rings. The summed E-state index contributed by atoms with van der Waals surface area (Å²) in [6.07, 6.45) is 1.20. The van der Waals surface area contributed by atoms with Gasteiger partial charge in [0.05, 0.1) is 0 Å². The number of fused-ring (bicyclic) bond motifs is 1. The summed E-state index contributed by atoms with van der Waals surface area (Å²) in [5, 5.41) is -0.107. The van der Waals surface area contributed by atoms with Gasteiger partial charge < -0.3 is 5.73 Å². The Bertz CT molecular complexity index is 609. The Balaban J connectivity index is 2.98. The van der Waals surface area contributed by atoms with Gasteiger partial charge in [0.1, 0.15) is 6.33 Å². The monoisotopic (exact) mass is 197 g/mol. The molecule has 7 nitrogen and oxygen atoms in total. The van der Waals surface area contributed by atoms with Crippen LogP contribution in [0.2, 0.25) is 0 Å². The number of anilines is 1. The van der Waals surface area contributed by atoms with Crippen molar-refractivity contribution in [3.8, 4) is 0 Å². The van der Waals surface area contributed by atoms with Gasteiger partial charge in [-0.05, 0) is 0 Å². The van der Waals surface area contributed by atoms with E-state index in [0.29, 0.717) is 0 Å². The highest BCUT2D eigenvalue weighted by Crippen LogP contribution is 1.85. The minimum absolute atomic E-state index is 0.120. The van der Waals surface area contributed by atoms with Crippen LogP contribution >= 0.6 is 0 Å². The zero-order chi connectivity index (χ0) is 9.42. The minimum atomic E-state index is -2.47. The molecule has 13 heavy (non-hydrogen) atoms. The largest absolute Gasteiger partial charge is 0.382 e. The number of nitrogens with zero attached hydrogens (tertiary/aromatic N) is 4. The first-order valence-electron chi connectivity index (χ1n) is 3.18. The second-order valence-electron chi connectivity index (χ2n) is 2.17. The van der Waals surface area contributed by atoms with Crippen LogP contribution in [0.5, 0.6) is 0 Å². The lowest BCUT2D eigenvalue weighted by Crippen LogP contribution is -2.29. The summed E-state index contributed by atoms with van der Waals surface area (Å²) in [6, 6.07) is 0. The molecule has 0 radical (unpaired) electrons. The zero-order valence-electron chi connectivity index (χ0n) is 6.17. The Kier molecular flexibility index (Phi) is 1.55. The molecule has 1 aliphatic heterocycles. The molecule has 0 saturated heterocycles. The van der Waals surface area contributed by atoms with Gasteiger partial charge in [-0.1, -0.05) is 0 Å². The van der Waals surface area contributed by atoms with Gasteiger partial charge in [-0.2, -0.15) is 13.4 Å². The van der Waals surface area contributed by atoms with Crippen LogP contribution in [0.25, 0.3) is 0 Å². The second kappa shape index (κ2) is 2.59. The summed E-state index contributed by atoms with van der Waals surface area (Å²) in [5.74, 6) is 0.120. The van der Waals surface area contributed by atoms with Crippen molar-refractivity contribution in [3.63, 3.8) is 0 Å². The van der Waals surface area contributed by atoms with E-state index in [9.17, 15) is 8.42 Å². The van der Waals surface area contributed by atoms with E-state index in [4.69, 9.17) is 5.73 Å². The molecule has 2 rings (SSSR count). The van der Waals surface area contributed by atoms with E-state index in [0.717, 1.165) is 0 Å². The lowest BCUT2D eigenvalue weighted by atomic mass is 10.5. The predicted octanol–water partition coefficient (Wildman–Crippen LogP) is -2.72. The molecular weight excluding hydrogens is 194 g/mol. The van der Waals surface area contributed by atoms with Gasteiger partial charge >= 0.3 is 0 Å². The van der Waals surface area contributed by atoms with Crippen molar-refractivity contribution in [1.82, 2.24) is 9.97 Å². The average molecular weight is 197 g/mol. The average Bonchev–Trinajstić information content (AvgIpc) is 2.49. The van der Waals surface area contributed by atoms with Crippen LogP contribution in [-0.2, 0) is 10.3 Å². The molecular formula is C5H3N5O2S. The van der Waals surface area contributed by atoms with Gasteiger partial charge in [0.25, 0.3) is 15.4 Å². The van der Waals surface area contributed by atoms with Gasteiger partial charge in [-0.3, -0.25) is 0 Å². The first-order valence-corrected chi connectivity index (χ1v) is 4.26. The third-order valence-electron chi connectivity index (χ3n) is 1.39. The van der Waals surface area contributed by atoms with Crippen molar-refractivity contribution in [3.05, 3.63) is 17.2 Å². The van der Waals surface area contributed by atoms with Crippen molar-refractivity contribution in [2.24, 2.45) is 9.98 Å². The van der Waals surface area contributed by atoms with Crippen molar-refractivity contribution in [1.29, 1.82) is 0 Å². The molecule has 0 spiro atoms. The van der Waals surface area contributed by atoms with Crippen molar-refractivity contribution < 1.29 is 8.42 Å². The highest BCUT2D eigenvalue weighted by Gasteiger charge is 2.08. The Morgan fingerprint density at radius 1 is 1.23 bits per heavy atom. The van der Waals surface area contributed by atoms with Gasteiger partial charge in [-0.25, -0.2) is 15.0 Å². The highest BCUT2D eigenvalue weighted by molar-refractivity contribution is 7.72. The normalized spacial score (nSPS) is 13.1. The summed E-state index contributed by atoms with van der Waals surface area (Å²) in [4.78, 5) is 14.6. The molecule has 0 unspecified atom stereocenters. The molecule has 0 aromatic carbocycles. The van der Waals surface area contributed by atoms with Crippen molar-refractivity contribution >= 4 is 21.2 Å². The first kappa shape index (κ1) is 7.80. The maximum atomic E-state index is 10.5. The predicted molar refractivity (Wildman–Crippen MR) is 42.7 cm³/mol. The molecule has 66 valence electrons. The lowest BCUT2D eigenvalue weighted by molar-refractivity contribution is 0.626. The van der Waals surface area contributed by atoms with E-state index in [2.05, 4.69) is 20.0 Å². The van der Waals surface area contributed by atoms with Crippen molar-refractivity contribution in [2.45, 2.75) is 0 Å². The van der Waals surface area contributed by atoms with Crippen LogP contribution < -0.4 is 16.6 Å². The van der Waals surface area contributed by atoms with Crippen LogP contribution in [-0.4, -0.2) is 23.5 Å². The molecule has 2 heterocycles. The topological polar surface area (TPSA) is 111 Å². The second-order valence-corrected chi connectivity index (χ2v) is 3.01. The van der Waals surface area contributed by atoms with Gasteiger partial charge in [-0.15, -0.1) is 0 Å². The standard InChI is InChI=1S/C5H3N5O2S/c6-3-2-4(8-1-7-3)10-5(9-2)13(11)12/h1H,(H2,6,7,8,10). The van der Waals surface area contributed by atoms with Crippen LogP contribution in [0.3, 0.4) is 0 Å². The number of hydrogen-bond acceptors (Lipinski definition) is 5. The number of nitrogen functional groups attached to an aromatic ring is 1. The molecule has 0 aliphatic carbocycles.